The lowest BCUT2D eigenvalue weighted by molar-refractivity contribution is -0.172. The maximum absolute atomic E-state index is 9.92. The van der Waals surface area contributed by atoms with Crippen LogP contribution in [-0.4, -0.2) is 11.2 Å². The summed E-state index contributed by atoms with van der Waals surface area (Å²) in [4.78, 5) is 0. The summed E-state index contributed by atoms with van der Waals surface area (Å²) in [7, 11) is 0. The Bertz CT molecular complexity index is 264. The molecule has 0 unspecified atom stereocenters. The third-order valence-electron chi connectivity index (χ3n) is 5.98. The first-order valence-electron chi connectivity index (χ1n) is 5.07. The van der Waals surface area contributed by atoms with E-state index in [1.165, 1.54) is 6.42 Å². The molecule has 0 spiro atoms. The second-order valence-electron chi connectivity index (χ2n) is 5.52. The van der Waals surface area contributed by atoms with Crippen molar-refractivity contribution in [1.29, 1.82) is 0 Å². The molecule has 11 heavy (non-hydrogen) atoms. The van der Waals surface area contributed by atoms with E-state index in [9.17, 15) is 5.11 Å². The minimum atomic E-state index is 0.156. The Morgan fingerprint density at radius 2 is 1.36 bits per heavy atom. The number of rotatable bonds is 0. The highest BCUT2D eigenvalue weighted by atomic mass is 16.3. The van der Waals surface area contributed by atoms with E-state index in [-0.39, 0.29) is 6.10 Å². The molecule has 0 aromatic heterocycles. The van der Waals surface area contributed by atoms with Crippen LogP contribution in [0.25, 0.3) is 0 Å². The predicted octanol–water partition coefficient (Wildman–Crippen LogP) is 0.735. The van der Waals surface area contributed by atoms with Crippen molar-refractivity contribution >= 4 is 0 Å². The van der Waals surface area contributed by atoms with Crippen LogP contribution in [0.2, 0.25) is 0 Å². The third kappa shape index (κ3) is 0.234. The fourth-order valence-electron chi connectivity index (χ4n) is 6.15. The van der Waals surface area contributed by atoms with Gasteiger partial charge in [0.15, 0.2) is 0 Å². The van der Waals surface area contributed by atoms with E-state index in [1.54, 1.807) is 0 Å². The van der Waals surface area contributed by atoms with Crippen molar-refractivity contribution in [2.75, 3.05) is 0 Å². The number of aliphatic hydroxyl groups is 1. The molecular formula is C10H12O. The first-order chi connectivity index (χ1) is 5.39. The first kappa shape index (κ1) is 4.86. The maximum atomic E-state index is 9.92. The molecule has 9 atom stereocenters. The van der Waals surface area contributed by atoms with Gasteiger partial charge in [0, 0.05) is 0 Å². The summed E-state index contributed by atoms with van der Waals surface area (Å²) in [5, 5.41) is 9.92. The lowest BCUT2D eigenvalue weighted by Gasteiger charge is -2.63. The van der Waals surface area contributed by atoms with E-state index >= 15 is 0 Å². The van der Waals surface area contributed by atoms with Crippen LogP contribution in [0.1, 0.15) is 6.42 Å². The Morgan fingerprint density at radius 3 is 2.00 bits per heavy atom. The Hall–Kier alpha value is -0.0400. The molecule has 6 fully saturated rings. The van der Waals surface area contributed by atoms with E-state index in [4.69, 9.17) is 0 Å². The molecule has 1 nitrogen and oxygen atoms in total. The zero-order valence-electron chi connectivity index (χ0n) is 6.35. The standard InChI is InChI=1S/C10H12O/c11-10-7-3-1-2-4-5(3)9(10)8(4)6(2)7/h2-11H,1H2/t2-,3+,4+,5-,6+,7+,8+,9+,10+/m0/s1. The van der Waals surface area contributed by atoms with Gasteiger partial charge >= 0.3 is 0 Å². The van der Waals surface area contributed by atoms with Gasteiger partial charge in [0.25, 0.3) is 0 Å². The van der Waals surface area contributed by atoms with Gasteiger partial charge in [-0.25, -0.2) is 0 Å². The molecule has 1 heteroatoms. The van der Waals surface area contributed by atoms with Crippen molar-refractivity contribution in [1.82, 2.24) is 0 Å². The lowest BCUT2D eigenvalue weighted by atomic mass is 9.41. The van der Waals surface area contributed by atoms with Gasteiger partial charge in [-0.3, -0.25) is 0 Å². The number of aliphatic hydroxyl groups excluding tert-OH is 1. The monoisotopic (exact) mass is 148 g/mol. The molecule has 0 amide bonds. The topological polar surface area (TPSA) is 20.2 Å². The van der Waals surface area contributed by atoms with Gasteiger partial charge in [0.05, 0.1) is 6.10 Å². The van der Waals surface area contributed by atoms with Gasteiger partial charge in [0.2, 0.25) is 0 Å². The molecule has 0 aromatic rings. The predicted molar refractivity (Wildman–Crippen MR) is 38.5 cm³/mol. The second kappa shape index (κ2) is 1.02. The Balaban J connectivity index is 1.88. The van der Waals surface area contributed by atoms with E-state index < -0.39 is 0 Å². The average Bonchev–Trinajstić information content (AvgIpc) is 2.40. The minimum absolute atomic E-state index is 0.156. The molecule has 0 saturated heterocycles. The van der Waals surface area contributed by atoms with Crippen molar-refractivity contribution in [3.05, 3.63) is 0 Å². The highest BCUT2D eigenvalue weighted by molar-refractivity contribution is 5.33. The Labute approximate surface area is 65.8 Å². The summed E-state index contributed by atoms with van der Waals surface area (Å²) < 4.78 is 0. The largest absolute Gasteiger partial charge is 0.393 e. The van der Waals surface area contributed by atoms with Crippen molar-refractivity contribution < 1.29 is 5.11 Å². The Morgan fingerprint density at radius 1 is 0.727 bits per heavy atom. The van der Waals surface area contributed by atoms with Crippen LogP contribution in [0, 0.1) is 47.3 Å². The molecule has 58 valence electrons. The van der Waals surface area contributed by atoms with Crippen molar-refractivity contribution in [3.63, 3.8) is 0 Å². The van der Waals surface area contributed by atoms with Gasteiger partial charge in [-0.15, -0.1) is 0 Å². The van der Waals surface area contributed by atoms with Crippen molar-refractivity contribution in [2.24, 2.45) is 47.3 Å². The Kier molecular flexibility index (Phi) is 0.452. The summed E-state index contributed by atoms with van der Waals surface area (Å²) in [5.74, 6) is 7.91. The highest BCUT2D eigenvalue weighted by Crippen LogP contribution is 2.88. The molecule has 6 aliphatic carbocycles. The van der Waals surface area contributed by atoms with Crippen LogP contribution in [0.5, 0.6) is 0 Å². The van der Waals surface area contributed by atoms with Crippen LogP contribution in [0.15, 0.2) is 0 Å². The van der Waals surface area contributed by atoms with Gasteiger partial charge in [0.1, 0.15) is 0 Å². The zero-order valence-corrected chi connectivity index (χ0v) is 6.35. The molecule has 1 N–H and O–H groups in total. The molecule has 6 aliphatic rings. The van der Waals surface area contributed by atoms with Crippen LogP contribution in [-0.2, 0) is 0 Å². The van der Waals surface area contributed by atoms with Crippen LogP contribution in [0.3, 0.4) is 0 Å². The summed E-state index contributed by atoms with van der Waals surface area (Å²) in [6, 6.07) is 0. The first-order valence-corrected chi connectivity index (χ1v) is 5.07. The SMILES string of the molecule is O[C@H]1[C@@H]2[C@H]3[C@H]4C[C@H]5[C@H]3[C@@H]2[C@H]5[C@H]14. The molecule has 0 radical (unpaired) electrons. The maximum Gasteiger partial charge on any atom is 0.0607 e. The van der Waals surface area contributed by atoms with Gasteiger partial charge in [-0.05, 0) is 53.8 Å². The second-order valence-corrected chi connectivity index (χ2v) is 5.52. The molecular weight excluding hydrogens is 136 g/mol. The van der Waals surface area contributed by atoms with E-state index in [0.717, 1.165) is 47.3 Å². The third-order valence-corrected chi connectivity index (χ3v) is 5.98. The van der Waals surface area contributed by atoms with Crippen LogP contribution >= 0.6 is 0 Å². The highest BCUT2D eigenvalue weighted by Gasteiger charge is 2.86. The smallest absolute Gasteiger partial charge is 0.0607 e. The molecule has 6 rings (SSSR count). The van der Waals surface area contributed by atoms with E-state index in [2.05, 4.69) is 0 Å². The van der Waals surface area contributed by atoms with E-state index in [0.29, 0.717) is 0 Å². The lowest BCUT2D eigenvalue weighted by Crippen LogP contribution is -2.60. The summed E-state index contributed by atoms with van der Waals surface area (Å²) in [5.41, 5.74) is 0. The number of hydrogen-bond donors (Lipinski definition) is 1. The van der Waals surface area contributed by atoms with Crippen molar-refractivity contribution in [3.8, 4) is 0 Å². The van der Waals surface area contributed by atoms with Gasteiger partial charge < -0.3 is 5.11 Å². The fraction of sp³-hybridized carbons (Fsp3) is 1.00. The van der Waals surface area contributed by atoms with Crippen molar-refractivity contribution in [2.45, 2.75) is 12.5 Å². The van der Waals surface area contributed by atoms with Crippen LogP contribution in [0.4, 0.5) is 0 Å². The normalized spacial score (nSPS) is 90.8. The van der Waals surface area contributed by atoms with Crippen LogP contribution < -0.4 is 0 Å². The quantitative estimate of drug-likeness (QED) is 0.537. The molecule has 0 aromatic carbocycles. The molecule has 6 saturated carbocycles. The average molecular weight is 148 g/mol. The van der Waals surface area contributed by atoms with E-state index in [1.807, 2.05) is 0 Å². The minimum Gasteiger partial charge on any atom is -0.393 e. The van der Waals surface area contributed by atoms with Gasteiger partial charge in [-0.1, -0.05) is 0 Å². The number of hydrogen-bond acceptors (Lipinski definition) is 1. The van der Waals surface area contributed by atoms with Gasteiger partial charge in [-0.2, -0.15) is 0 Å². The molecule has 4 bridgehead atoms. The zero-order chi connectivity index (χ0) is 6.90. The summed E-state index contributed by atoms with van der Waals surface area (Å²) >= 11 is 0. The fourth-order valence-corrected chi connectivity index (χ4v) is 6.15. The molecule has 0 heterocycles. The summed E-state index contributed by atoms with van der Waals surface area (Å²) in [6.07, 6.45) is 1.66. The summed E-state index contributed by atoms with van der Waals surface area (Å²) in [6.45, 7) is 0. The molecule has 0 aliphatic heterocycles.